The highest BCUT2D eigenvalue weighted by Gasteiger charge is 2.18. The lowest BCUT2D eigenvalue weighted by atomic mass is 10.0. The van der Waals surface area contributed by atoms with Crippen LogP contribution in [0.2, 0.25) is 0 Å². The van der Waals surface area contributed by atoms with E-state index in [0.29, 0.717) is 21.9 Å². The highest BCUT2D eigenvalue weighted by Crippen LogP contribution is 2.29. The molecule has 0 amide bonds. The van der Waals surface area contributed by atoms with Gasteiger partial charge in [0, 0.05) is 11.1 Å². The summed E-state index contributed by atoms with van der Waals surface area (Å²) in [4.78, 5) is 18.0. The summed E-state index contributed by atoms with van der Waals surface area (Å²) in [5.74, 6) is 2.17. The van der Waals surface area contributed by atoms with E-state index in [1.807, 2.05) is 68.5 Å². The Labute approximate surface area is 176 Å². The van der Waals surface area contributed by atoms with Crippen molar-refractivity contribution in [1.82, 2.24) is 14.6 Å². The number of fused-ring (bicyclic) bond motifs is 2. The highest BCUT2D eigenvalue weighted by atomic mass is 32.1. The van der Waals surface area contributed by atoms with Crippen LogP contribution in [0.25, 0.3) is 28.5 Å². The molecule has 0 bridgehead atoms. The Balaban J connectivity index is 1.51. The number of nitrogens with zero attached hydrogens (tertiary/aromatic N) is 3. The molecule has 1 aliphatic rings. The van der Waals surface area contributed by atoms with E-state index in [1.54, 1.807) is 0 Å². The molecule has 7 heteroatoms. The number of hydrogen-bond acceptors (Lipinski definition) is 6. The molecule has 0 aliphatic carbocycles. The number of benzene rings is 2. The van der Waals surface area contributed by atoms with Crippen LogP contribution in [-0.4, -0.2) is 27.3 Å². The van der Waals surface area contributed by atoms with Crippen molar-refractivity contribution in [1.29, 1.82) is 0 Å². The van der Waals surface area contributed by atoms with Gasteiger partial charge in [-0.1, -0.05) is 29.5 Å². The smallest absolute Gasteiger partial charge is 0.291 e. The molecule has 1 atom stereocenters. The quantitative estimate of drug-likeness (QED) is 0.508. The van der Waals surface area contributed by atoms with Gasteiger partial charge in [0.2, 0.25) is 4.96 Å². The highest BCUT2D eigenvalue weighted by molar-refractivity contribution is 7.15. The van der Waals surface area contributed by atoms with Crippen molar-refractivity contribution >= 4 is 28.4 Å². The molecular formula is C23H19N3O3S. The topological polar surface area (TPSA) is 65.7 Å². The van der Waals surface area contributed by atoms with E-state index in [0.717, 1.165) is 28.2 Å². The van der Waals surface area contributed by atoms with Gasteiger partial charge in [0.15, 0.2) is 5.82 Å². The average molecular weight is 417 g/mol. The maximum absolute atomic E-state index is 12.9. The van der Waals surface area contributed by atoms with Crippen molar-refractivity contribution in [3.05, 3.63) is 74.6 Å². The van der Waals surface area contributed by atoms with Gasteiger partial charge in [-0.2, -0.15) is 9.50 Å². The fraction of sp³-hybridized carbons (Fsp3) is 0.174. The van der Waals surface area contributed by atoms with E-state index in [4.69, 9.17) is 9.47 Å². The SMILES string of the molecule is CCOc1ccc(-c2nc3s/c(=C\C4=Cc5ccccc5OC4C)c(=O)n3n2)cc1. The van der Waals surface area contributed by atoms with E-state index in [-0.39, 0.29) is 11.7 Å². The van der Waals surface area contributed by atoms with Crippen molar-refractivity contribution in [3.63, 3.8) is 0 Å². The zero-order chi connectivity index (χ0) is 20.7. The first-order valence-corrected chi connectivity index (χ1v) is 10.6. The molecule has 1 unspecified atom stereocenters. The third kappa shape index (κ3) is 3.27. The van der Waals surface area contributed by atoms with Gasteiger partial charge in [-0.25, -0.2) is 0 Å². The molecule has 6 nitrogen and oxygen atoms in total. The van der Waals surface area contributed by atoms with Crippen molar-refractivity contribution in [2.45, 2.75) is 20.0 Å². The number of rotatable bonds is 4. The molecule has 2 aromatic carbocycles. The molecule has 5 rings (SSSR count). The minimum atomic E-state index is -0.174. The van der Waals surface area contributed by atoms with Crippen LogP contribution in [-0.2, 0) is 0 Å². The van der Waals surface area contributed by atoms with Crippen molar-refractivity contribution in [2.24, 2.45) is 0 Å². The van der Waals surface area contributed by atoms with E-state index in [1.165, 1.54) is 15.9 Å². The minimum absolute atomic E-state index is 0.138. The summed E-state index contributed by atoms with van der Waals surface area (Å²) >= 11 is 1.33. The molecular weight excluding hydrogens is 398 g/mol. The van der Waals surface area contributed by atoms with Gasteiger partial charge < -0.3 is 9.47 Å². The largest absolute Gasteiger partial charge is 0.494 e. The van der Waals surface area contributed by atoms with Gasteiger partial charge in [-0.05, 0) is 61.9 Å². The zero-order valence-corrected chi connectivity index (χ0v) is 17.3. The second-order valence-corrected chi connectivity index (χ2v) is 7.95. The van der Waals surface area contributed by atoms with E-state index < -0.39 is 0 Å². The lowest BCUT2D eigenvalue weighted by Crippen LogP contribution is -2.26. The summed E-state index contributed by atoms with van der Waals surface area (Å²) in [6.07, 6.45) is 3.80. The fourth-order valence-electron chi connectivity index (χ4n) is 3.40. The lowest BCUT2D eigenvalue weighted by Gasteiger charge is -2.22. The molecule has 0 saturated heterocycles. The summed E-state index contributed by atoms with van der Waals surface area (Å²) in [6, 6.07) is 15.4. The molecule has 0 radical (unpaired) electrons. The van der Waals surface area contributed by atoms with Crippen LogP contribution in [0.1, 0.15) is 19.4 Å². The maximum Gasteiger partial charge on any atom is 0.291 e. The Morgan fingerprint density at radius 3 is 2.77 bits per heavy atom. The molecule has 1 aliphatic heterocycles. The van der Waals surface area contributed by atoms with Crippen LogP contribution >= 0.6 is 11.3 Å². The number of para-hydroxylation sites is 1. The second kappa shape index (κ2) is 7.42. The first kappa shape index (κ1) is 18.6. The third-order valence-electron chi connectivity index (χ3n) is 4.92. The molecule has 0 fully saturated rings. The summed E-state index contributed by atoms with van der Waals surface area (Å²) in [7, 11) is 0. The van der Waals surface area contributed by atoms with Crippen LogP contribution in [0, 0.1) is 0 Å². The molecule has 0 saturated carbocycles. The summed E-state index contributed by atoms with van der Waals surface area (Å²) in [6.45, 7) is 4.53. The summed E-state index contributed by atoms with van der Waals surface area (Å²) in [5, 5.41) is 4.42. The molecule has 4 aromatic rings. The van der Waals surface area contributed by atoms with Crippen molar-refractivity contribution in [2.75, 3.05) is 6.61 Å². The lowest BCUT2D eigenvalue weighted by molar-refractivity contribution is 0.259. The maximum atomic E-state index is 12.9. The first-order valence-electron chi connectivity index (χ1n) is 9.74. The van der Waals surface area contributed by atoms with Crippen LogP contribution in [0.4, 0.5) is 0 Å². The molecule has 0 spiro atoms. The Morgan fingerprint density at radius 2 is 2.00 bits per heavy atom. The van der Waals surface area contributed by atoms with Crippen LogP contribution < -0.4 is 19.6 Å². The first-order chi connectivity index (χ1) is 14.6. The Kier molecular flexibility index (Phi) is 4.59. The van der Waals surface area contributed by atoms with Gasteiger partial charge in [0.25, 0.3) is 5.56 Å². The molecule has 3 heterocycles. The normalized spacial score (nSPS) is 16.3. The Morgan fingerprint density at radius 1 is 1.20 bits per heavy atom. The van der Waals surface area contributed by atoms with Crippen molar-refractivity contribution in [3.8, 4) is 22.9 Å². The van der Waals surface area contributed by atoms with Gasteiger partial charge in [-0.15, -0.1) is 5.10 Å². The third-order valence-corrected chi connectivity index (χ3v) is 5.88. The zero-order valence-electron chi connectivity index (χ0n) is 16.5. The Bertz CT molecular complexity index is 1370. The average Bonchev–Trinajstić information content (AvgIpc) is 3.29. The predicted octanol–water partition coefficient (Wildman–Crippen LogP) is 3.58. The van der Waals surface area contributed by atoms with Crippen LogP contribution in [0.15, 0.2) is 58.9 Å². The van der Waals surface area contributed by atoms with Gasteiger partial charge in [0.1, 0.15) is 17.6 Å². The number of aromatic nitrogens is 3. The number of thiazole rings is 1. The predicted molar refractivity (Wildman–Crippen MR) is 118 cm³/mol. The minimum Gasteiger partial charge on any atom is -0.494 e. The van der Waals surface area contributed by atoms with Gasteiger partial charge >= 0.3 is 0 Å². The monoisotopic (exact) mass is 417 g/mol. The second-order valence-electron chi connectivity index (χ2n) is 6.95. The van der Waals surface area contributed by atoms with Crippen molar-refractivity contribution < 1.29 is 9.47 Å². The molecule has 0 N–H and O–H groups in total. The van der Waals surface area contributed by atoms with Crippen LogP contribution in [0.5, 0.6) is 11.5 Å². The summed E-state index contributed by atoms with van der Waals surface area (Å²) in [5.41, 5.74) is 2.62. The molecule has 150 valence electrons. The number of ether oxygens (including phenoxy) is 2. The van der Waals surface area contributed by atoms with E-state index in [9.17, 15) is 4.79 Å². The fourth-order valence-corrected chi connectivity index (χ4v) is 4.30. The van der Waals surface area contributed by atoms with Crippen LogP contribution in [0.3, 0.4) is 0 Å². The van der Waals surface area contributed by atoms with Gasteiger partial charge in [0.05, 0.1) is 11.1 Å². The number of hydrogen-bond donors (Lipinski definition) is 0. The molecule has 2 aromatic heterocycles. The van der Waals surface area contributed by atoms with Gasteiger partial charge in [-0.3, -0.25) is 4.79 Å². The Hall–Kier alpha value is -3.45. The standard InChI is InChI=1S/C23H19N3O3S/c1-3-28-18-10-8-15(9-11-18)21-24-23-26(25-21)22(27)20(30-23)13-17-12-16-6-4-5-7-19(16)29-14(17)2/h4-14H,3H2,1-2H3/b20-13-. The summed E-state index contributed by atoms with van der Waals surface area (Å²) < 4.78 is 13.4. The van der Waals surface area contributed by atoms with E-state index >= 15 is 0 Å². The van der Waals surface area contributed by atoms with E-state index in [2.05, 4.69) is 16.2 Å². The molecule has 30 heavy (non-hydrogen) atoms.